The summed E-state index contributed by atoms with van der Waals surface area (Å²) in [5.41, 5.74) is 1.90. The van der Waals surface area contributed by atoms with E-state index in [9.17, 15) is 9.90 Å². The lowest BCUT2D eigenvalue weighted by molar-refractivity contribution is 0.102. The molecule has 2 N–H and O–H groups in total. The van der Waals surface area contributed by atoms with E-state index in [0.29, 0.717) is 5.69 Å². The van der Waals surface area contributed by atoms with Gasteiger partial charge < -0.3 is 10.4 Å². The van der Waals surface area contributed by atoms with Crippen LogP contribution in [-0.2, 0) is 0 Å². The Morgan fingerprint density at radius 2 is 1.82 bits per heavy atom. The van der Waals surface area contributed by atoms with Crippen molar-refractivity contribution in [2.75, 3.05) is 5.32 Å². The van der Waals surface area contributed by atoms with Gasteiger partial charge in [0.2, 0.25) is 0 Å². The minimum absolute atomic E-state index is 0.00145. The number of hydrogen-bond acceptors (Lipinski definition) is 2. The van der Waals surface area contributed by atoms with Gasteiger partial charge in [0.15, 0.2) is 0 Å². The van der Waals surface area contributed by atoms with Gasteiger partial charge in [-0.15, -0.1) is 0 Å². The number of benzene rings is 2. The molecule has 0 atom stereocenters. The Morgan fingerprint density at radius 1 is 1.12 bits per heavy atom. The summed E-state index contributed by atoms with van der Waals surface area (Å²) in [4.78, 5) is 11.9. The van der Waals surface area contributed by atoms with Gasteiger partial charge in [-0.3, -0.25) is 4.79 Å². The number of para-hydroxylation sites is 1. The van der Waals surface area contributed by atoms with Crippen LogP contribution in [0.1, 0.15) is 15.9 Å². The SMILES string of the molecule is Cc1ccc(C(=O)Nc2ccccc2)c(O)c1. The monoisotopic (exact) mass is 227 g/mol. The van der Waals surface area contributed by atoms with Crippen LogP contribution in [-0.4, -0.2) is 11.0 Å². The molecule has 0 aliphatic heterocycles. The number of hydrogen-bond donors (Lipinski definition) is 2. The van der Waals surface area contributed by atoms with Crippen molar-refractivity contribution in [1.29, 1.82) is 0 Å². The Balaban J connectivity index is 2.21. The zero-order valence-corrected chi connectivity index (χ0v) is 9.47. The van der Waals surface area contributed by atoms with E-state index in [1.165, 1.54) is 0 Å². The average molecular weight is 227 g/mol. The first-order valence-corrected chi connectivity index (χ1v) is 5.33. The van der Waals surface area contributed by atoms with Crippen LogP contribution in [0.15, 0.2) is 48.5 Å². The lowest BCUT2D eigenvalue weighted by Gasteiger charge is -2.07. The molecular formula is C14H13NO2. The molecule has 0 saturated heterocycles. The van der Waals surface area contributed by atoms with Crippen molar-refractivity contribution >= 4 is 11.6 Å². The van der Waals surface area contributed by atoms with Gasteiger partial charge in [-0.1, -0.05) is 24.3 Å². The van der Waals surface area contributed by atoms with Gasteiger partial charge in [-0.2, -0.15) is 0 Å². The summed E-state index contributed by atoms with van der Waals surface area (Å²) in [6.07, 6.45) is 0. The summed E-state index contributed by atoms with van der Waals surface area (Å²) >= 11 is 0. The number of nitrogens with one attached hydrogen (secondary N) is 1. The zero-order chi connectivity index (χ0) is 12.3. The standard InChI is InChI=1S/C14H13NO2/c1-10-7-8-12(13(16)9-10)14(17)15-11-5-3-2-4-6-11/h2-9,16H,1H3,(H,15,17). The molecule has 86 valence electrons. The first-order valence-electron chi connectivity index (χ1n) is 5.33. The largest absolute Gasteiger partial charge is 0.507 e. The summed E-state index contributed by atoms with van der Waals surface area (Å²) in [5, 5.41) is 12.4. The molecule has 0 saturated carbocycles. The van der Waals surface area contributed by atoms with Crippen molar-refractivity contribution in [2.45, 2.75) is 6.92 Å². The number of phenolic OH excluding ortho intramolecular Hbond substituents is 1. The fourth-order valence-corrected chi connectivity index (χ4v) is 1.55. The smallest absolute Gasteiger partial charge is 0.259 e. The highest BCUT2D eigenvalue weighted by Crippen LogP contribution is 2.19. The van der Waals surface area contributed by atoms with Gasteiger partial charge in [0.05, 0.1) is 5.56 Å². The predicted molar refractivity (Wildman–Crippen MR) is 67.2 cm³/mol. The molecule has 2 aromatic rings. The number of carbonyl (C=O) groups excluding carboxylic acids is 1. The summed E-state index contributed by atoms with van der Waals surface area (Å²) in [6.45, 7) is 1.86. The van der Waals surface area contributed by atoms with E-state index in [0.717, 1.165) is 5.56 Å². The molecule has 0 bridgehead atoms. The van der Waals surface area contributed by atoms with E-state index in [4.69, 9.17) is 0 Å². The Hall–Kier alpha value is -2.29. The molecule has 0 fully saturated rings. The fraction of sp³-hybridized carbons (Fsp3) is 0.0714. The molecule has 0 heterocycles. The summed E-state index contributed by atoms with van der Waals surface area (Å²) < 4.78 is 0. The third-order valence-electron chi connectivity index (χ3n) is 2.43. The third-order valence-corrected chi connectivity index (χ3v) is 2.43. The van der Waals surface area contributed by atoms with E-state index in [2.05, 4.69) is 5.32 Å². The van der Waals surface area contributed by atoms with Gasteiger partial charge in [0.1, 0.15) is 5.75 Å². The van der Waals surface area contributed by atoms with Gasteiger partial charge >= 0.3 is 0 Å². The van der Waals surface area contributed by atoms with Crippen LogP contribution < -0.4 is 5.32 Å². The first kappa shape index (κ1) is 11.2. The molecule has 2 aromatic carbocycles. The number of aromatic hydroxyl groups is 1. The Bertz CT molecular complexity index is 535. The number of anilines is 1. The summed E-state index contributed by atoms with van der Waals surface area (Å²) in [7, 11) is 0. The maximum atomic E-state index is 11.9. The number of carbonyl (C=O) groups is 1. The van der Waals surface area contributed by atoms with Gasteiger partial charge in [-0.05, 0) is 36.8 Å². The topological polar surface area (TPSA) is 49.3 Å². The minimum Gasteiger partial charge on any atom is -0.507 e. The molecule has 0 radical (unpaired) electrons. The first-order chi connectivity index (χ1) is 8.16. The second-order valence-electron chi connectivity index (χ2n) is 3.84. The maximum Gasteiger partial charge on any atom is 0.259 e. The number of aryl methyl sites for hydroxylation is 1. The fourth-order valence-electron chi connectivity index (χ4n) is 1.55. The quantitative estimate of drug-likeness (QED) is 0.828. The summed E-state index contributed by atoms with van der Waals surface area (Å²) in [6, 6.07) is 14.1. The highest BCUT2D eigenvalue weighted by Gasteiger charge is 2.10. The van der Waals surface area contributed by atoms with E-state index in [1.54, 1.807) is 30.3 Å². The average Bonchev–Trinajstić information content (AvgIpc) is 2.30. The lowest BCUT2D eigenvalue weighted by Crippen LogP contribution is -2.11. The van der Waals surface area contributed by atoms with Gasteiger partial charge in [-0.25, -0.2) is 0 Å². The van der Waals surface area contributed by atoms with Crippen LogP contribution in [0.2, 0.25) is 0 Å². The van der Waals surface area contributed by atoms with Crippen LogP contribution in [0.25, 0.3) is 0 Å². The highest BCUT2D eigenvalue weighted by molar-refractivity contribution is 6.06. The van der Waals surface area contributed by atoms with Crippen molar-refractivity contribution in [3.8, 4) is 5.75 Å². The molecule has 0 aromatic heterocycles. The van der Waals surface area contributed by atoms with Crippen LogP contribution in [0, 0.1) is 6.92 Å². The molecule has 2 rings (SSSR count). The zero-order valence-electron chi connectivity index (χ0n) is 9.47. The Kier molecular flexibility index (Phi) is 3.10. The molecule has 0 aliphatic carbocycles. The van der Waals surface area contributed by atoms with Crippen molar-refractivity contribution in [1.82, 2.24) is 0 Å². The minimum atomic E-state index is -0.311. The van der Waals surface area contributed by atoms with Crippen LogP contribution >= 0.6 is 0 Å². The Labute approximate surface area is 99.7 Å². The number of phenols is 1. The summed E-state index contributed by atoms with van der Waals surface area (Å²) in [5.74, 6) is -0.313. The predicted octanol–water partition coefficient (Wildman–Crippen LogP) is 2.95. The molecule has 3 nitrogen and oxygen atoms in total. The number of rotatable bonds is 2. The molecular weight excluding hydrogens is 214 g/mol. The van der Waals surface area contributed by atoms with Crippen LogP contribution in [0.5, 0.6) is 5.75 Å². The van der Waals surface area contributed by atoms with Gasteiger partial charge in [0, 0.05) is 5.69 Å². The normalized spacial score (nSPS) is 9.94. The van der Waals surface area contributed by atoms with E-state index in [-0.39, 0.29) is 17.2 Å². The molecule has 1 amide bonds. The molecule has 0 spiro atoms. The van der Waals surface area contributed by atoms with Crippen LogP contribution in [0.4, 0.5) is 5.69 Å². The van der Waals surface area contributed by atoms with Crippen molar-refractivity contribution in [3.05, 3.63) is 59.7 Å². The second-order valence-corrected chi connectivity index (χ2v) is 3.84. The second kappa shape index (κ2) is 4.70. The maximum absolute atomic E-state index is 11.9. The number of amides is 1. The van der Waals surface area contributed by atoms with E-state index >= 15 is 0 Å². The van der Waals surface area contributed by atoms with E-state index < -0.39 is 0 Å². The molecule has 3 heteroatoms. The van der Waals surface area contributed by atoms with Crippen molar-refractivity contribution in [3.63, 3.8) is 0 Å². The molecule has 0 aliphatic rings. The van der Waals surface area contributed by atoms with Gasteiger partial charge in [0.25, 0.3) is 5.91 Å². The molecule has 0 unspecified atom stereocenters. The third kappa shape index (κ3) is 2.64. The highest BCUT2D eigenvalue weighted by atomic mass is 16.3. The Morgan fingerprint density at radius 3 is 2.47 bits per heavy atom. The lowest BCUT2D eigenvalue weighted by atomic mass is 10.1. The van der Waals surface area contributed by atoms with Crippen LogP contribution in [0.3, 0.4) is 0 Å². The van der Waals surface area contributed by atoms with E-state index in [1.807, 2.05) is 25.1 Å². The van der Waals surface area contributed by atoms with Crippen molar-refractivity contribution in [2.24, 2.45) is 0 Å². The van der Waals surface area contributed by atoms with Crippen molar-refractivity contribution < 1.29 is 9.90 Å². The molecule has 17 heavy (non-hydrogen) atoms.